The molecule has 0 saturated carbocycles. The van der Waals surface area contributed by atoms with Crippen LogP contribution < -0.4 is 5.73 Å². The Morgan fingerprint density at radius 3 is 2.69 bits per heavy atom. The Labute approximate surface area is 79.4 Å². The lowest BCUT2D eigenvalue weighted by molar-refractivity contribution is 0.456. The van der Waals surface area contributed by atoms with Crippen LogP contribution in [0.15, 0.2) is 12.3 Å². The molecule has 0 atom stereocenters. The highest BCUT2D eigenvalue weighted by Crippen LogP contribution is 2.22. The maximum atomic E-state index is 5.53. The fraction of sp³-hybridized carbons (Fsp3) is 0.600. The van der Waals surface area contributed by atoms with Crippen molar-refractivity contribution < 1.29 is 0 Å². The zero-order valence-corrected chi connectivity index (χ0v) is 8.54. The van der Waals surface area contributed by atoms with E-state index in [0.29, 0.717) is 6.54 Å². The Bertz CT molecular complexity index is 281. The quantitative estimate of drug-likeness (QED) is 0.763. The minimum absolute atomic E-state index is 0.0131. The van der Waals surface area contributed by atoms with Gasteiger partial charge in [-0.1, -0.05) is 13.8 Å². The van der Waals surface area contributed by atoms with Crippen LogP contribution >= 0.6 is 0 Å². The van der Waals surface area contributed by atoms with Gasteiger partial charge < -0.3 is 5.73 Å². The van der Waals surface area contributed by atoms with E-state index in [-0.39, 0.29) is 5.41 Å². The molecule has 0 aliphatic carbocycles. The number of nitrogens with zero attached hydrogens (tertiary/aromatic N) is 2. The van der Waals surface area contributed by atoms with Crippen LogP contribution in [0.2, 0.25) is 0 Å². The largest absolute Gasteiger partial charge is 0.330 e. The maximum Gasteiger partial charge on any atom is 0.134 e. The Morgan fingerprint density at radius 2 is 2.15 bits per heavy atom. The fourth-order valence-corrected chi connectivity index (χ4v) is 1.25. The second-order valence-electron chi connectivity index (χ2n) is 3.94. The van der Waals surface area contributed by atoms with Gasteiger partial charge in [-0.2, -0.15) is 0 Å². The van der Waals surface area contributed by atoms with Gasteiger partial charge in [0.25, 0.3) is 0 Å². The van der Waals surface area contributed by atoms with Gasteiger partial charge >= 0.3 is 0 Å². The van der Waals surface area contributed by atoms with Gasteiger partial charge in [0.1, 0.15) is 5.82 Å². The molecule has 0 aliphatic rings. The van der Waals surface area contributed by atoms with Crippen LogP contribution in [-0.2, 0) is 5.41 Å². The summed E-state index contributed by atoms with van der Waals surface area (Å²) in [6, 6.07) is 1.90. The third-order valence-corrected chi connectivity index (χ3v) is 2.17. The summed E-state index contributed by atoms with van der Waals surface area (Å²) in [4.78, 5) is 8.66. The molecule has 0 saturated heterocycles. The number of hydrogen-bond acceptors (Lipinski definition) is 3. The smallest absolute Gasteiger partial charge is 0.134 e. The summed E-state index contributed by atoms with van der Waals surface area (Å²) in [5.41, 5.74) is 6.53. The lowest BCUT2D eigenvalue weighted by Gasteiger charge is -2.21. The van der Waals surface area contributed by atoms with Gasteiger partial charge in [-0.15, -0.1) is 0 Å². The first kappa shape index (κ1) is 10.1. The lowest BCUT2D eigenvalue weighted by Crippen LogP contribution is -2.24. The molecule has 3 nitrogen and oxygen atoms in total. The van der Waals surface area contributed by atoms with E-state index in [1.807, 2.05) is 13.0 Å². The van der Waals surface area contributed by atoms with Crippen LogP contribution in [0.4, 0.5) is 0 Å². The normalized spacial score (nSPS) is 11.7. The van der Waals surface area contributed by atoms with E-state index in [2.05, 4.69) is 23.8 Å². The summed E-state index contributed by atoms with van der Waals surface area (Å²) in [5.74, 6) is 0.887. The zero-order valence-electron chi connectivity index (χ0n) is 8.54. The molecule has 0 aliphatic heterocycles. The van der Waals surface area contributed by atoms with Gasteiger partial charge in [0.15, 0.2) is 0 Å². The van der Waals surface area contributed by atoms with E-state index in [9.17, 15) is 0 Å². The molecule has 72 valence electrons. The number of aryl methyl sites for hydroxylation is 1. The topological polar surface area (TPSA) is 51.8 Å². The number of rotatable bonds is 3. The Kier molecular flexibility index (Phi) is 2.98. The molecule has 2 N–H and O–H groups in total. The van der Waals surface area contributed by atoms with Crippen molar-refractivity contribution >= 4 is 0 Å². The van der Waals surface area contributed by atoms with Gasteiger partial charge in [0.2, 0.25) is 0 Å². The van der Waals surface area contributed by atoms with Crippen molar-refractivity contribution in [2.45, 2.75) is 32.6 Å². The molecule has 0 amide bonds. The minimum atomic E-state index is -0.0131. The molecular weight excluding hydrogens is 162 g/mol. The van der Waals surface area contributed by atoms with E-state index in [4.69, 9.17) is 5.73 Å². The number of hydrogen-bond donors (Lipinski definition) is 1. The van der Waals surface area contributed by atoms with Crippen LogP contribution in [0.5, 0.6) is 0 Å². The second kappa shape index (κ2) is 3.83. The van der Waals surface area contributed by atoms with Crippen LogP contribution in [0, 0.1) is 6.92 Å². The molecule has 0 bridgehead atoms. The van der Waals surface area contributed by atoms with Crippen LogP contribution in [0.25, 0.3) is 0 Å². The first-order chi connectivity index (χ1) is 6.06. The van der Waals surface area contributed by atoms with Gasteiger partial charge in [-0.05, 0) is 26.0 Å². The van der Waals surface area contributed by atoms with Crippen LogP contribution in [-0.4, -0.2) is 16.5 Å². The van der Waals surface area contributed by atoms with Gasteiger partial charge in [0, 0.05) is 17.3 Å². The summed E-state index contributed by atoms with van der Waals surface area (Å²) in [6.07, 6.45) is 2.71. The zero-order chi connectivity index (χ0) is 9.90. The van der Waals surface area contributed by atoms with Crippen molar-refractivity contribution in [1.82, 2.24) is 9.97 Å². The molecule has 13 heavy (non-hydrogen) atoms. The van der Waals surface area contributed by atoms with Crippen molar-refractivity contribution in [3.05, 3.63) is 23.8 Å². The molecule has 1 heterocycles. The molecule has 0 radical (unpaired) electrons. The van der Waals surface area contributed by atoms with Gasteiger partial charge in [-0.25, -0.2) is 9.97 Å². The number of aromatic nitrogens is 2. The molecule has 1 rings (SSSR count). The fourth-order valence-electron chi connectivity index (χ4n) is 1.25. The summed E-state index contributed by atoms with van der Waals surface area (Å²) >= 11 is 0. The highest BCUT2D eigenvalue weighted by molar-refractivity contribution is 5.08. The molecule has 3 heteroatoms. The Balaban J connectivity index is 2.93. The molecule has 1 aromatic rings. The molecule has 0 unspecified atom stereocenters. The summed E-state index contributed by atoms with van der Waals surface area (Å²) in [5, 5.41) is 0. The lowest BCUT2D eigenvalue weighted by atomic mass is 9.88. The first-order valence-corrected chi connectivity index (χ1v) is 4.56. The summed E-state index contributed by atoms with van der Waals surface area (Å²) < 4.78 is 0. The third-order valence-electron chi connectivity index (χ3n) is 2.17. The van der Waals surface area contributed by atoms with Crippen molar-refractivity contribution in [2.24, 2.45) is 5.73 Å². The van der Waals surface area contributed by atoms with Crippen LogP contribution in [0.1, 0.15) is 31.8 Å². The van der Waals surface area contributed by atoms with Gasteiger partial charge in [-0.3, -0.25) is 0 Å². The monoisotopic (exact) mass is 179 g/mol. The van der Waals surface area contributed by atoms with Crippen molar-refractivity contribution in [3.8, 4) is 0 Å². The highest BCUT2D eigenvalue weighted by atomic mass is 14.9. The van der Waals surface area contributed by atoms with E-state index < -0.39 is 0 Å². The average Bonchev–Trinajstić information content (AvgIpc) is 2.04. The van der Waals surface area contributed by atoms with Gasteiger partial charge in [0.05, 0.1) is 0 Å². The summed E-state index contributed by atoms with van der Waals surface area (Å²) in [6.45, 7) is 6.89. The van der Waals surface area contributed by atoms with E-state index in [0.717, 1.165) is 17.9 Å². The molecule has 0 aromatic carbocycles. The first-order valence-electron chi connectivity index (χ1n) is 4.56. The van der Waals surface area contributed by atoms with E-state index >= 15 is 0 Å². The van der Waals surface area contributed by atoms with Crippen molar-refractivity contribution in [2.75, 3.05) is 6.54 Å². The SMILES string of the molecule is Cc1ccnc(C(C)(C)CCN)n1. The van der Waals surface area contributed by atoms with Crippen molar-refractivity contribution in [3.63, 3.8) is 0 Å². The predicted molar refractivity (Wildman–Crippen MR) is 53.5 cm³/mol. The summed E-state index contributed by atoms with van der Waals surface area (Å²) in [7, 11) is 0. The standard InChI is InChI=1S/C10H17N3/c1-8-4-7-12-9(13-8)10(2,3)5-6-11/h4,7H,5-6,11H2,1-3H3. The average molecular weight is 179 g/mol. The second-order valence-corrected chi connectivity index (χ2v) is 3.94. The Hall–Kier alpha value is -0.960. The van der Waals surface area contributed by atoms with Crippen molar-refractivity contribution in [1.29, 1.82) is 0 Å². The van der Waals surface area contributed by atoms with Crippen LogP contribution in [0.3, 0.4) is 0 Å². The third kappa shape index (κ3) is 2.49. The number of nitrogens with two attached hydrogens (primary N) is 1. The Morgan fingerprint density at radius 1 is 1.46 bits per heavy atom. The highest BCUT2D eigenvalue weighted by Gasteiger charge is 2.22. The van der Waals surface area contributed by atoms with E-state index in [1.54, 1.807) is 6.20 Å². The minimum Gasteiger partial charge on any atom is -0.330 e. The predicted octanol–water partition coefficient (Wildman–Crippen LogP) is 1.41. The molecule has 0 fully saturated rings. The molecule has 0 spiro atoms. The maximum absolute atomic E-state index is 5.53. The molecular formula is C10H17N3. The molecule has 1 aromatic heterocycles. The van der Waals surface area contributed by atoms with E-state index in [1.165, 1.54) is 0 Å².